The van der Waals surface area contributed by atoms with Gasteiger partial charge in [0.25, 0.3) is 0 Å². The lowest BCUT2D eigenvalue weighted by molar-refractivity contribution is -0.146. The number of halogens is 1. The molecule has 1 amide bonds. The Hall–Kier alpha value is -1.55. The molecule has 0 saturated heterocycles. The van der Waals surface area contributed by atoms with Gasteiger partial charge in [0.15, 0.2) is 0 Å². The fourth-order valence-electron chi connectivity index (χ4n) is 2.60. The number of carbonyl (C=O) groups excluding carboxylic acids is 1. The van der Waals surface area contributed by atoms with E-state index < -0.39 is 5.97 Å². The largest absolute Gasteiger partial charge is 0.480 e. The van der Waals surface area contributed by atoms with Gasteiger partial charge in [0.2, 0.25) is 5.91 Å². The minimum Gasteiger partial charge on any atom is -0.480 e. The van der Waals surface area contributed by atoms with Crippen LogP contribution in [0.1, 0.15) is 38.2 Å². The van der Waals surface area contributed by atoms with E-state index in [1.54, 1.807) is 6.07 Å². The highest BCUT2D eigenvalue weighted by Crippen LogP contribution is 2.49. The first kappa shape index (κ1) is 15.8. The molecule has 114 valence electrons. The molecule has 1 N–H and O–H groups in total. The summed E-state index contributed by atoms with van der Waals surface area (Å²) in [5.74, 6) is -0.978. The van der Waals surface area contributed by atoms with Gasteiger partial charge >= 0.3 is 5.97 Å². The smallest absolute Gasteiger partial charge is 0.323 e. The van der Waals surface area contributed by atoms with Crippen LogP contribution in [0, 0.1) is 5.92 Å². The standard InChI is InChI=1S/C16H20ClNO3/c1-3-10(2)18(9-15(19)20)16(21)14-8-13(14)11-5-4-6-12(17)7-11/h4-7,10,13-14H,3,8-9H2,1-2H3,(H,19,20). The van der Waals surface area contributed by atoms with Gasteiger partial charge < -0.3 is 10.0 Å². The minimum atomic E-state index is -0.969. The van der Waals surface area contributed by atoms with E-state index in [0.717, 1.165) is 18.4 Å². The zero-order chi connectivity index (χ0) is 15.6. The molecule has 1 fully saturated rings. The highest BCUT2D eigenvalue weighted by molar-refractivity contribution is 6.30. The molecule has 0 aliphatic heterocycles. The molecule has 0 bridgehead atoms. The van der Waals surface area contributed by atoms with Crippen LogP contribution in [-0.2, 0) is 9.59 Å². The van der Waals surface area contributed by atoms with Gasteiger partial charge in [-0.2, -0.15) is 0 Å². The summed E-state index contributed by atoms with van der Waals surface area (Å²) < 4.78 is 0. The molecule has 3 unspecified atom stereocenters. The third-order valence-corrected chi connectivity index (χ3v) is 4.33. The molecule has 0 aromatic heterocycles. The van der Waals surface area contributed by atoms with Crippen LogP contribution >= 0.6 is 11.6 Å². The molecular weight excluding hydrogens is 290 g/mol. The molecule has 0 spiro atoms. The Morgan fingerprint density at radius 3 is 2.76 bits per heavy atom. The molecule has 5 heteroatoms. The SMILES string of the molecule is CCC(C)N(CC(=O)O)C(=O)C1CC1c1cccc(Cl)c1. The Morgan fingerprint density at radius 2 is 2.19 bits per heavy atom. The van der Waals surface area contributed by atoms with Crippen molar-refractivity contribution in [2.24, 2.45) is 5.92 Å². The van der Waals surface area contributed by atoms with Gasteiger partial charge in [0, 0.05) is 17.0 Å². The Bertz CT molecular complexity index is 546. The highest BCUT2D eigenvalue weighted by atomic mass is 35.5. The second-order valence-corrected chi connectivity index (χ2v) is 6.06. The number of rotatable bonds is 6. The maximum atomic E-state index is 12.5. The van der Waals surface area contributed by atoms with Crippen LogP contribution in [0.4, 0.5) is 0 Å². The van der Waals surface area contributed by atoms with Crippen LogP contribution in [0.15, 0.2) is 24.3 Å². The van der Waals surface area contributed by atoms with Crippen molar-refractivity contribution in [1.82, 2.24) is 4.90 Å². The summed E-state index contributed by atoms with van der Waals surface area (Å²) in [6.07, 6.45) is 1.51. The molecule has 21 heavy (non-hydrogen) atoms. The average molecular weight is 310 g/mol. The Kier molecular flexibility index (Phi) is 4.88. The van der Waals surface area contributed by atoms with Gasteiger partial charge in [-0.1, -0.05) is 30.7 Å². The molecule has 1 aromatic rings. The second kappa shape index (κ2) is 6.48. The van der Waals surface area contributed by atoms with Crippen LogP contribution in [0.5, 0.6) is 0 Å². The van der Waals surface area contributed by atoms with Crippen molar-refractivity contribution in [3.8, 4) is 0 Å². The van der Waals surface area contributed by atoms with E-state index in [9.17, 15) is 9.59 Å². The summed E-state index contributed by atoms with van der Waals surface area (Å²) in [6, 6.07) is 7.47. The van der Waals surface area contributed by atoms with Crippen LogP contribution in [0.3, 0.4) is 0 Å². The highest BCUT2D eigenvalue weighted by Gasteiger charge is 2.46. The van der Waals surface area contributed by atoms with Crippen LogP contribution in [0.2, 0.25) is 5.02 Å². The molecular formula is C16H20ClNO3. The third kappa shape index (κ3) is 3.76. The molecule has 1 aliphatic carbocycles. The van der Waals surface area contributed by atoms with Crippen molar-refractivity contribution in [3.63, 3.8) is 0 Å². The van der Waals surface area contributed by atoms with Gasteiger partial charge in [-0.3, -0.25) is 9.59 Å². The predicted octanol–water partition coefficient (Wildman–Crippen LogP) is 3.16. The topological polar surface area (TPSA) is 57.6 Å². The van der Waals surface area contributed by atoms with Gasteiger partial charge in [-0.15, -0.1) is 0 Å². The quantitative estimate of drug-likeness (QED) is 0.878. The van der Waals surface area contributed by atoms with Crippen molar-refractivity contribution in [3.05, 3.63) is 34.9 Å². The average Bonchev–Trinajstić information content (AvgIpc) is 3.23. The number of carboxylic acid groups (broad SMARTS) is 1. The summed E-state index contributed by atoms with van der Waals surface area (Å²) in [7, 11) is 0. The molecule has 0 radical (unpaired) electrons. The maximum Gasteiger partial charge on any atom is 0.323 e. The molecule has 3 atom stereocenters. The summed E-state index contributed by atoms with van der Waals surface area (Å²) in [5, 5.41) is 9.65. The third-order valence-electron chi connectivity index (χ3n) is 4.10. The molecule has 2 rings (SSSR count). The Labute approximate surface area is 129 Å². The van der Waals surface area contributed by atoms with Gasteiger partial charge in [-0.05, 0) is 43.4 Å². The van der Waals surface area contributed by atoms with E-state index in [4.69, 9.17) is 16.7 Å². The van der Waals surface area contributed by atoms with Crippen LogP contribution in [0.25, 0.3) is 0 Å². The molecule has 4 nitrogen and oxygen atoms in total. The van der Waals surface area contributed by atoms with E-state index in [-0.39, 0.29) is 30.3 Å². The fraction of sp³-hybridized carbons (Fsp3) is 0.500. The van der Waals surface area contributed by atoms with E-state index in [0.29, 0.717) is 5.02 Å². The Morgan fingerprint density at radius 1 is 1.48 bits per heavy atom. The normalized spacial score (nSPS) is 21.7. The van der Waals surface area contributed by atoms with Gasteiger partial charge in [-0.25, -0.2) is 0 Å². The molecule has 1 aliphatic rings. The first-order valence-electron chi connectivity index (χ1n) is 7.21. The van der Waals surface area contributed by atoms with Gasteiger partial charge in [0.05, 0.1) is 0 Å². The Balaban J connectivity index is 2.07. The number of benzene rings is 1. The number of carbonyl (C=O) groups is 2. The van der Waals surface area contributed by atoms with E-state index in [1.807, 2.05) is 32.0 Å². The summed E-state index contributed by atoms with van der Waals surface area (Å²) in [6.45, 7) is 3.61. The summed E-state index contributed by atoms with van der Waals surface area (Å²) in [4.78, 5) is 25.0. The molecule has 0 heterocycles. The lowest BCUT2D eigenvalue weighted by Gasteiger charge is -2.27. The number of nitrogens with zero attached hydrogens (tertiary/aromatic N) is 1. The van der Waals surface area contributed by atoms with E-state index >= 15 is 0 Å². The number of hydrogen-bond acceptors (Lipinski definition) is 2. The van der Waals surface area contributed by atoms with Crippen LogP contribution < -0.4 is 0 Å². The lowest BCUT2D eigenvalue weighted by Crippen LogP contribution is -2.42. The first-order valence-corrected chi connectivity index (χ1v) is 7.59. The number of amides is 1. The number of hydrogen-bond donors (Lipinski definition) is 1. The lowest BCUT2D eigenvalue weighted by atomic mass is 10.1. The molecule has 1 aromatic carbocycles. The van der Waals surface area contributed by atoms with Crippen molar-refractivity contribution >= 4 is 23.5 Å². The van der Waals surface area contributed by atoms with Crippen LogP contribution in [-0.4, -0.2) is 34.5 Å². The van der Waals surface area contributed by atoms with E-state index in [1.165, 1.54) is 4.90 Å². The zero-order valence-electron chi connectivity index (χ0n) is 12.3. The van der Waals surface area contributed by atoms with Crippen molar-refractivity contribution in [1.29, 1.82) is 0 Å². The predicted molar refractivity (Wildman–Crippen MR) is 81.4 cm³/mol. The maximum absolute atomic E-state index is 12.5. The number of aliphatic carboxylic acids is 1. The summed E-state index contributed by atoms with van der Waals surface area (Å²) in [5.41, 5.74) is 1.06. The minimum absolute atomic E-state index is 0.0586. The zero-order valence-corrected chi connectivity index (χ0v) is 13.0. The van der Waals surface area contributed by atoms with Gasteiger partial charge in [0.1, 0.15) is 6.54 Å². The number of carboxylic acids is 1. The fourth-order valence-corrected chi connectivity index (χ4v) is 2.80. The monoisotopic (exact) mass is 309 g/mol. The van der Waals surface area contributed by atoms with Crippen molar-refractivity contribution in [2.45, 2.75) is 38.6 Å². The van der Waals surface area contributed by atoms with Crippen molar-refractivity contribution < 1.29 is 14.7 Å². The first-order chi connectivity index (χ1) is 9.93. The molecule has 1 saturated carbocycles. The second-order valence-electron chi connectivity index (χ2n) is 5.62. The van der Waals surface area contributed by atoms with Crippen molar-refractivity contribution in [2.75, 3.05) is 6.54 Å². The van der Waals surface area contributed by atoms with E-state index in [2.05, 4.69) is 0 Å². The summed E-state index contributed by atoms with van der Waals surface area (Å²) >= 11 is 5.98.